The van der Waals surface area contributed by atoms with Crippen molar-refractivity contribution < 1.29 is 4.79 Å². The molecular weight excluding hydrogens is 154 g/mol. The lowest BCUT2D eigenvalue weighted by molar-refractivity contribution is -0.129. The molecule has 4 nitrogen and oxygen atoms in total. The van der Waals surface area contributed by atoms with Crippen molar-refractivity contribution in [2.24, 2.45) is 0 Å². The highest BCUT2D eigenvalue weighted by atomic mass is 16.2. The zero-order valence-corrected chi connectivity index (χ0v) is 7.00. The molecule has 1 amide bonds. The van der Waals surface area contributed by atoms with Crippen LogP contribution in [0, 0.1) is 0 Å². The van der Waals surface area contributed by atoms with E-state index in [9.17, 15) is 4.79 Å². The van der Waals surface area contributed by atoms with Gasteiger partial charge in [0.05, 0.1) is 18.4 Å². The number of fused-ring (bicyclic) bond motifs is 1. The van der Waals surface area contributed by atoms with E-state index in [1.54, 1.807) is 6.92 Å². The molecule has 0 saturated carbocycles. The number of rotatable bonds is 0. The molecule has 0 radical (unpaired) electrons. The molecule has 1 N–H and O–H groups in total. The number of nitrogens with zero attached hydrogens (tertiary/aromatic N) is 2. The summed E-state index contributed by atoms with van der Waals surface area (Å²) in [5, 5.41) is 6.83. The normalized spacial score (nSPS) is 15.9. The lowest BCUT2D eigenvalue weighted by Crippen LogP contribution is -2.33. The van der Waals surface area contributed by atoms with Crippen molar-refractivity contribution in [3.05, 3.63) is 17.5 Å². The molecule has 0 bridgehead atoms. The number of amides is 1. The standard InChI is InChI=1S/C8H11N3O/c1-6(12)11-3-2-7-4-9-10-8(7)5-11/h4H,2-3,5H2,1H3,(H,9,10). The predicted octanol–water partition coefficient (Wildman–Crippen LogP) is 0.314. The Kier molecular flexibility index (Phi) is 1.60. The van der Waals surface area contributed by atoms with E-state index >= 15 is 0 Å². The molecule has 0 aromatic carbocycles. The van der Waals surface area contributed by atoms with Gasteiger partial charge in [0.25, 0.3) is 0 Å². The summed E-state index contributed by atoms with van der Waals surface area (Å²) in [4.78, 5) is 12.8. The van der Waals surface area contributed by atoms with Crippen LogP contribution in [0.3, 0.4) is 0 Å². The Morgan fingerprint density at radius 3 is 3.33 bits per heavy atom. The number of aromatic nitrogens is 2. The first-order valence-electron chi connectivity index (χ1n) is 4.04. The molecule has 0 aliphatic carbocycles. The van der Waals surface area contributed by atoms with Gasteiger partial charge >= 0.3 is 0 Å². The van der Waals surface area contributed by atoms with E-state index < -0.39 is 0 Å². The van der Waals surface area contributed by atoms with Gasteiger partial charge in [-0.2, -0.15) is 5.10 Å². The molecular formula is C8H11N3O. The van der Waals surface area contributed by atoms with Crippen molar-refractivity contribution in [3.63, 3.8) is 0 Å². The van der Waals surface area contributed by atoms with Crippen molar-refractivity contribution >= 4 is 5.91 Å². The molecule has 12 heavy (non-hydrogen) atoms. The second-order valence-corrected chi connectivity index (χ2v) is 3.06. The van der Waals surface area contributed by atoms with Gasteiger partial charge in [-0.15, -0.1) is 0 Å². The maximum atomic E-state index is 11.0. The van der Waals surface area contributed by atoms with Gasteiger partial charge in [0.15, 0.2) is 0 Å². The Bertz CT molecular complexity index is 305. The first-order valence-corrected chi connectivity index (χ1v) is 4.04. The van der Waals surface area contributed by atoms with Crippen LogP contribution in [0.2, 0.25) is 0 Å². The average Bonchev–Trinajstić information content (AvgIpc) is 2.49. The van der Waals surface area contributed by atoms with E-state index in [4.69, 9.17) is 0 Å². The Morgan fingerprint density at radius 1 is 1.75 bits per heavy atom. The highest BCUT2D eigenvalue weighted by Crippen LogP contribution is 2.15. The maximum absolute atomic E-state index is 11.0. The molecule has 0 fully saturated rings. The molecule has 0 spiro atoms. The second-order valence-electron chi connectivity index (χ2n) is 3.06. The van der Waals surface area contributed by atoms with E-state index in [1.165, 1.54) is 5.56 Å². The Hall–Kier alpha value is -1.32. The van der Waals surface area contributed by atoms with Crippen LogP contribution in [0.15, 0.2) is 6.20 Å². The lowest BCUT2D eigenvalue weighted by Gasteiger charge is -2.24. The molecule has 2 rings (SSSR count). The van der Waals surface area contributed by atoms with Gasteiger partial charge in [-0.1, -0.05) is 0 Å². The topological polar surface area (TPSA) is 49.0 Å². The van der Waals surface area contributed by atoms with Gasteiger partial charge in [-0.25, -0.2) is 0 Å². The molecule has 1 aliphatic rings. The summed E-state index contributed by atoms with van der Waals surface area (Å²) in [6, 6.07) is 0. The molecule has 1 aliphatic heterocycles. The lowest BCUT2D eigenvalue weighted by atomic mass is 10.1. The van der Waals surface area contributed by atoms with Crippen molar-refractivity contribution in [1.82, 2.24) is 15.1 Å². The number of hydrogen-bond donors (Lipinski definition) is 1. The summed E-state index contributed by atoms with van der Waals surface area (Å²) in [6.07, 6.45) is 2.76. The second kappa shape index (κ2) is 2.62. The van der Waals surface area contributed by atoms with Crippen molar-refractivity contribution in [1.29, 1.82) is 0 Å². The van der Waals surface area contributed by atoms with Crippen LogP contribution in [0.1, 0.15) is 18.2 Å². The van der Waals surface area contributed by atoms with Gasteiger partial charge in [-0.05, 0) is 12.0 Å². The number of H-pyrrole nitrogens is 1. The number of aromatic amines is 1. The third kappa shape index (κ3) is 1.09. The van der Waals surface area contributed by atoms with Gasteiger partial charge in [0.1, 0.15) is 0 Å². The first-order chi connectivity index (χ1) is 5.77. The van der Waals surface area contributed by atoms with Crippen LogP contribution < -0.4 is 0 Å². The van der Waals surface area contributed by atoms with Gasteiger partial charge in [0.2, 0.25) is 5.91 Å². The van der Waals surface area contributed by atoms with Crippen molar-refractivity contribution in [2.45, 2.75) is 19.9 Å². The fourth-order valence-electron chi connectivity index (χ4n) is 1.48. The molecule has 2 heterocycles. The van der Waals surface area contributed by atoms with Crippen LogP contribution in [0.4, 0.5) is 0 Å². The molecule has 4 heteroatoms. The average molecular weight is 165 g/mol. The summed E-state index contributed by atoms with van der Waals surface area (Å²) in [5.41, 5.74) is 2.32. The quantitative estimate of drug-likeness (QED) is 0.601. The highest BCUT2D eigenvalue weighted by molar-refractivity contribution is 5.73. The van der Waals surface area contributed by atoms with E-state index in [0.29, 0.717) is 6.54 Å². The highest BCUT2D eigenvalue weighted by Gasteiger charge is 2.18. The minimum atomic E-state index is 0.134. The zero-order valence-electron chi connectivity index (χ0n) is 7.00. The Balaban J connectivity index is 2.20. The van der Waals surface area contributed by atoms with Gasteiger partial charge in [-0.3, -0.25) is 9.89 Å². The monoisotopic (exact) mass is 165 g/mol. The molecule has 1 aromatic heterocycles. The van der Waals surface area contributed by atoms with Crippen LogP contribution in [-0.2, 0) is 17.8 Å². The SMILES string of the molecule is CC(=O)N1CCc2cn[nH]c2C1. The zero-order chi connectivity index (χ0) is 8.55. The van der Waals surface area contributed by atoms with Gasteiger partial charge < -0.3 is 4.90 Å². The summed E-state index contributed by atoms with van der Waals surface area (Å²) in [5.74, 6) is 0.134. The molecule has 0 unspecified atom stereocenters. The number of carbonyl (C=O) groups is 1. The molecule has 0 saturated heterocycles. The number of nitrogens with one attached hydrogen (secondary N) is 1. The fraction of sp³-hybridized carbons (Fsp3) is 0.500. The third-order valence-corrected chi connectivity index (χ3v) is 2.25. The van der Waals surface area contributed by atoms with E-state index in [0.717, 1.165) is 18.7 Å². The van der Waals surface area contributed by atoms with E-state index in [1.807, 2.05) is 11.1 Å². The minimum absolute atomic E-state index is 0.134. The van der Waals surface area contributed by atoms with Crippen molar-refractivity contribution in [2.75, 3.05) is 6.54 Å². The largest absolute Gasteiger partial charge is 0.337 e. The van der Waals surface area contributed by atoms with E-state index in [2.05, 4.69) is 10.2 Å². The summed E-state index contributed by atoms with van der Waals surface area (Å²) in [7, 11) is 0. The van der Waals surface area contributed by atoms with Crippen molar-refractivity contribution in [3.8, 4) is 0 Å². The summed E-state index contributed by atoms with van der Waals surface area (Å²) >= 11 is 0. The summed E-state index contributed by atoms with van der Waals surface area (Å²) in [6.45, 7) is 3.11. The minimum Gasteiger partial charge on any atom is -0.337 e. The fourth-order valence-corrected chi connectivity index (χ4v) is 1.48. The maximum Gasteiger partial charge on any atom is 0.219 e. The number of carbonyl (C=O) groups excluding carboxylic acids is 1. The first kappa shape index (κ1) is 7.34. The van der Waals surface area contributed by atoms with Gasteiger partial charge in [0, 0.05) is 13.5 Å². The summed E-state index contributed by atoms with van der Waals surface area (Å²) < 4.78 is 0. The van der Waals surface area contributed by atoms with Crippen LogP contribution in [0.5, 0.6) is 0 Å². The molecule has 0 atom stereocenters. The van der Waals surface area contributed by atoms with Crippen LogP contribution >= 0.6 is 0 Å². The smallest absolute Gasteiger partial charge is 0.219 e. The number of hydrogen-bond acceptors (Lipinski definition) is 2. The third-order valence-electron chi connectivity index (χ3n) is 2.25. The predicted molar refractivity (Wildman–Crippen MR) is 43.4 cm³/mol. The van der Waals surface area contributed by atoms with Crippen LogP contribution in [0.25, 0.3) is 0 Å². The van der Waals surface area contributed by atoms with Crippen LogP contribution in [-0.4, -0.2) is 27.5 Å². The Labute approximate surface area is 70.6 Å². The molecule has 64 valence electrons. The van der Waals surface area contributed by atoms with E-state index in [-0.39, 0.29) is 5.91 Å². The molecule has 1 aromatic rings. The Morgan fingerprint density at radius 2 is 2.58 bits per heavy atom.